The molecule has 0 aliphatic heterocycles. The highest BCUT2D eigenvalue weighted by molar-refractivity contribution is 7.92. The summed E-state index contributed by atoms with van der Waals surface area (Å²) < 4.78 is 58.1. The molecule has 3 aromatic carbocycles. The van der Waals surface area contributed by atoms with Crippen molar-refractivity contribution in [1.82, 2.24) is 0 Å². The minimum absolute atomic E-state index is 0.0220. The van der Waals surface area contributed by atoms with Crippen LogP contribution in [0.15, 0.2) is 77.7 Å². The molecule has 1 amide bonds. The number of anilines is 3. The summed E-state index contributed by atoms with van der Waals surface area (Å²) in [6.45, 7) is 2.37. The van der Waals surface area contributed by atoms with E-state index >= 15 is 0 Å². The molecular formula is C22H23N3O6S2. The van der Waals surface area contributed by atoms with Gasteiger partial charge in [0.25, 0.3) is 15.9 Å². The number of hydrogen-bond acceptors (Lipinski definition) is 6. The fraction of sp³-hybridized carbons (Fsp3) is 0.136. The molecule has 0 aliphatic carbocycles. The molecule has 33 heavy (non-hydrogen) atoms. The van der Waals surface area contributed by atoms with Crippen LogP contribution in [0.4, 0.5) is 17.1 Å². The van der Waals surface area contributed by atoms with Crippen LogP contribution in [0.25, 0.3) is 0 Å². The van der Waals surface area contributed by atoms with E-state index in [2.05, 4.69) is 14.8 Å². The average Bonchev–Trinajstić information content (AvgIpc) is 2.74. The Bertz CT molecular complexity index is 1340. The SMILES string of the molecule is CCOc1ccc(NS(=O)(=O)c2ccc(NC(=O)c3cccc(NS(C)(=O)=O)c3)cc2)cc1. The standard InChI is InChI=1S/C22H23N3O6S2/c1-3-31-20-11-7-18(8-12-20)25-33(29,30)21-13-9-17(10-14-21)23-22(26)16-5-4-6-19(15-16)24-32(2,27)28/h4-15,24-25H,3H2,1-2H3,(H,23,26). The fourth-order valence-corrected chi connectivity index (χ4v) is 4.47. The zero-order valence-corrected chi connectivity index (χ0v) is 19.5. The van der Waals surface area contributed by atoms with Gasteiger partial charge in [-0.3, -0.25) is 14.2 Å². The molecule has 9 nitrogen and oxygen atoms in total. The molecule has 0 saturated carbocycles. The molecule has 0 saturated heterocycles. The van der Waals surface area contributed by atoms with E-state index < -0.39 is 26.0 Å². The minimum atomic E-state index is -3.83. The molecule has 0 spiro atoms. The molecule has 0 fully saturated rings. The second kappa shape index (κ2) is 9.92. The van der Waals surface area contributed by atoms with Crippen molar-refractivity contribution in [2.45, 2.75) is 11.8 Å². The summed E-state index contributed by atoms with van der Waals surface area (Å²) in [5, 5.41) is 2.65. The minimum Gasteiger partial charge on any atom is -0.494 e. The molecule has 0 aromatic heterocycles. The van der Waals surface area contributed by atoms with Gasteiger partial charge in [-0.15, -0.1) is 0 Å². The fourth-order valence-electron chi connectivity index (χ4n) is 2.86. The van der Waals surface area contributed by atoms with E-state index in [0.717, 1.165) is 6.26 Å². The van der Waals surface area contributed by atoms with E-state index in [0.29, 0.717) is 23.7 Å². The predicted octanol–water partition coefficient (Wildman–Crippen LogP) is 3.51. The van der Waals surface area contributed by atoms with Gasteiger partial charge < -0.3 is 10.1 Å². The highest BCUT2D eigenvalue weighted by atomic mass is 32.2. The Morgan fingerprint density at radius 3 is 2.06 bits per heavy atom. The van der Waals surface area contributed by atoms with E-state index in [1.165, 1.54) is 42.5 Å². The van der Waals surface area contributed by atoms with Gasteiger partial charge in [-0.1, -0.05) is 6.07 Å². The van der Waals surface area contributed by atoms with Crippen LogP contribution in [-0.4, -0.2) is 35.6 Å². The van der Waals surface area contributed by atoms with Gasteiger partial charge >= 0.3 is 0 Å². The van der Waals surface area contributed by atoms with Gasteiger partial charge in [-0.25, -0.2) is 16.8 Å². The van der Waals surface area contributed by atoms with Crippen LogP contribution < -0.4 is 19.5 Å². The number of benzene rings is 3. The topological polar surface area (TPSA) is 131 Å². The number of amides is 1. The summed E-state index contributed by atoms with van der Waals surface area (Å²) in [5.41, 5.74) is 1.25. The highest BCUT2D eigenvalue weighted by Gasteiger charge is 2.15. The summed E-state index contributed by atoms with van der Waals surface area (Å²) in [7, 11) is -7.30. The molecule has 174 valence electrons. The Labute approximate surface area is 192 Å². The lowest BCUT2D eigenvalue weighted by Crippen LogP contribution is -2.15. The number of hydrogen-bond donors (Lipinski definition) is 3. The lowest BCUT2D eigenvalue weighted by molar-refractivity contribution is 0.102. The molecule has 0 heterocycles. The third-order valence-electron chi connectivity index (χ3n) is 4.27. The first-order valence-corrected chi connectivity index (χ1v) is 13.2. The van der Waals surface area contributed by atoms with Crippen LogP contribution in [-0.2, 0) is 20.0 Å². The van der Waals surface area contributed by atoms with Crippen LogP contribution in [0.1, 0.15) is 17.3 Å². The van der Waals surface area contributed by atoms with Gasteiger partial charge in [0.05, 0.1) is 17.8 Å². The zero-order chi connectivity index (χ0) is 24.1. The molecule has 0 unspecified atom stereocenters. The van der Waals surface area contributed by atoms with Crippen LogP contribution in [0.5, 0.6) is 5.75 Å². The number of rotatable bonds is 9. The molecule has 3 aromatic rings. The predicted molar refractivity (Wildman–Crippen MR) is 128 cm³/mol. The summed E-state index contributed by atoms with van der Waals surface area (Å²) in [6.07, 6.45) is 1.01. The second-order valence-electron chi connectivity index (χ2n) is 7.00. The highest BCUT2D eigenvalue weighted by Crippen LogP contribution is 2.21. The van der Waals surface area contributed by atoms with Crippen LogP contribution >= 0.6 is 0 Å². The molecule has 0 aliphatic rings. The lowest BCUT2D eigenvalue weighted by atomic mass is 10.2. The number of nitrogens with one attached hydrogen (secondary N) is 3. The normalized spacial score (nSPS) is 11.5. The molecule has 0 radical (unpaired) electrons. The maximum absolute atomic E-state index is 12.6. The Hall–Kier alpha value is -3.57. The van der Waals surface area contributed by atoms with Gasteiger partial charge in [-0.05, 0) is 73.7 Å². The third-order valence-corrected chi connectivity index (χ3v) is 6.27. The van der Waals surface area contributed by atoms with Crippen molar-refractivity contribution in [1.29, 1.82) is 0 Å². The second-order valence-corrected chi connectivity index (χ2v) is 10.4. The number of sulfonamides is 2. The average molecular weight is 490 g/mol. The molecule has 11 heteroatoms. The Balaban J connectivity index is 1.68. The van der Waals surface area contributed by atoms with Gasteiger partial charge in [0.15, 0.2) is 0 Å². The summed E-state index contributed by atoms with van der Waals surface area (Å²) in [5.74, 6) is 0.161. The van der Waals surface area contributed by atoms with E-state index in [-0.39, 0.29) is 16.1 Å². The Morgan fingerprint density at radius 2 is 1.45 bits per heavy atom. The van der Waals surface area contributed by atoms with Crippen molar-refractivity contribution in [3.8, 4) is 5.75 Å². The summed E-state index contributed by atoms with van der Waals surface area (Å²) in [6, 6.07) is 18.2. The molecule has 0 bridgehead atoms. The first kappa shape index (κ1) is 24.1. The molecule has 3 N–H and O–H groups in total. The van der Waals surface area contributed by atoms with E-state index in [9.17, 15) is 21.6 Å². The first-order chi connectivity index (χ1) is 15.6. The van der Waals surface area contributed by atoms with Gasteiger partial charge in [0.1, 0.15) is 5.75 Å². The number of ether oxygens (including phenoxy) is 1. The van der Waals surface area contributed by atoms with Crippen LogP contribution in [0, 0.1) is 0 Å². The van der Waals surface area contributed by atoms with Gasteiger partial charge in [0.2, 0.25) is 10.0 Å². The van der Waals surface area contributed by atoms with Crippen molar-refractivity contribution < 1.29 is 26.4 Å². The van der Waals surface area contributed by atoms with Gasteiger partial charge in [-0.2, -0.15) is 0 Å². The summed E-state index contributed by atoms with van der Waals surface area (Å²) in [4.78, 5) is 12.5. The van der Waals surface area contributed by atoms with Crippen molar-refractivity contribution >= 4 is 43.0 Å². The monoisotopic (exact) mass is 489 g/mol. The largest absolute Gasteiger partial charge is 0.494 e. The maximum Gasteiger partial charge on any atom is 0.261 e. The van der Waals surface area contributed by atoms with E-state index in [1.807, 2.05) is 6.92 Å². The Morgan fingerprint density at radius 1 is 0.818 bits per heavy atom. The lowest BCUT2D eigenvalue weighted by Gasteiger charge is -2.11. The smallest absolute Gasteiger partial charge is 0.261 e. The van der Waals surface area contributed by atoms with Crippen LogP contribution in [0.2, 0.25) is 0 Å². The quantitative estimate of drug-likeness (QED) is 0.422. The van der Waals surface area contributed by atoms with Crippen molar-refractivity contribution in [3.05, 3.63) is 78.4 Å². The molecule has 0 atom stereocenters. The number of carbonyl (C=O) groups is 1. The van der Waals surface area contributed by atoms with E-state index in [1.54, 1.807) is 30.3 Å². The van der Waals surface area contributed by atoms with Crippen LogP contribution in [0.3, 0.4) is 0 Å². The Kier molecular flexibility index (Phi) is 7.24. The van der Waals surface area contributed by atoms with Crippen molar-refractivity contribution in [2.24, 2.45) is 0 Å². The van der Waals surface area contributed by atoms with E-state index in [4.69, 9.17) is 4.74 Å². The van der Waals surface area contributed by atoms with Crippen molar-refractivity contribution in [3.63, 3.8) is 0 Å². The zero-order valence-electron chi connectivity index (χ0n) is 17.9. The third kappa shape index (κ3) is 6.96. The molecular weight excluding hydrogens is 466 g/mol. The van der Waals surface area contributed by atoms with Crippen molar-refractivity contribution in [2.75, 3.05) is 27.6 Å². The number of carbonyl (C=O) groups excluding carboxylic acids is 1. The summed E-state index contributed by atoms with van der Waals surface area (Å²) >= 11 is 0. The maximum atomic E-state index is 12.6. The first-order valence-electron chi connectivity index (χ1n) is 9.81. The van der Waals surface area contributed by atoms with Gasteiger partial charge in [0, 0.05) is 22.6 Å². The molecule has 3 rings (SSSR count).